The van der Waals surface area contributed by atoms with E-state index < -0.39 is 4.92 Å². The summed E-state index contributed by atoms with van der Waals surface area (Å²) in [6.07, 6.45) is 0. The van der Waals surface area contributed by atoms with Crippen LogP contribution in [0.1, 0.15) is 11.1 Å². The summed E-state index contributed by atoms with van der Waals surface area (Å²) < 4.78 is 10.3. The van der Waals surface area contributed by atoms with E-state index >= 15 is 0 Å². The number of nitrogens with zero attached hydrogens (tertiary/aromatic N) is 1. The number of rotatable bonds is 10. The fourth-order valence-electron chi connectivity index (χ4n) is 2.32. The molecular weight excluding hydrogens is 368 g/mol. The molecule has 0 unspecified atom stereocenters. The molecule has 0 fully saturated rings. The number of nitrogens with one attached hydrogen (secondary N) is 1. The fraction of sp³-hybridized carbons (Fsp3) is 0.316. The van der Waals surface area contributed by atoms with Crippen LogP contribution in [0.15, 0.2) is 42.5 Å². The minimum absolute atomic E-state index is 0.0884. The highest BCUT2D eigenvalue weighted by Crippen LogP contribution is 2.30. The van der Waals surface area contributed by atoms with E-state index in [1.807, 2.05) is 12.1 Å². The molecule has 27 heavy (non-hydrogen) atoms. The van der Waals surface area contributed by atoms with Gasteiger partial charge in [0.2, 0.25) is 5.75 Å². The molecule has 7 nitrogen and oxygen atoms in total. The number of thioether (sulfide) groups is 1. The van der Waals surface area contributed by atoms with Crippen LogP contribution in [0, 0.1) is 17.0 Å². The van der Waals surface area contributed by atoms with Crippen molar-refractivity contribution in [2.24, 2.45) is 0 Å². The third-order valence-corrected chi connectivity index (χ3v) is 4.81. The van der Waals surface area contributed by atoms with Gasteiger partial charge in [0, 0.05) is 30.2 Å². The lowest BCUT2D eigenvalue weighted by molar-refractivity contribution is -0.385. The van der Waals surface area contributed by atoms with Gasteiger partial charge in [0.05, 0.1) is 12.0 Å². The lowest BCUT2D eigenvalue weighted by Crippen LogP contribution is -2.30. The maximum absolute atomic E-state index is 11.8. The average Bonchev–Trinajstić information content (AvgIpc) is 2.67. The predicted molar refractivity (Wildman–Crippen MR) is 105 cm³/mol. The number of benzene rings is 2. The number of methoxy groups -OCH3 is 1. The highest BCUT2D eigenvalue weighted by molar-refractivity contribution is 7.98. The summed E-state index contributed by atoms with van der Waals surface area (Å²) in [5.41, 5.74) is 2.41. The van der Waals surface area contributed by atoms with Gasteiger partial charge < -0.3 is 14.8 Å². The second-order valence-electron chi connectivity index (χ2n) is 5.71. The molecule has 0 bridgehead atoms. The summed E-state index contributed by atoms with van der Waals surface area (Å²) in [5.74, 6) is 1.88. The molecule has 1 N–H and O–H groups in total. The molecule has 0 radical (unpaired) electrons. The molecule has 0 heterocycles. The molecule has 0 spiro atoms. The largest absolute Gasteiger partial charge is 0.490 e. The zero-order chi connectivity index (χ0) is 19.6. The maximum atomic E-state index is 11.8. The van der Waals surface area contributed by atoms with Crippen LogP contribution in [0.25, 0.3) is 0 Å². The average molecular weight is 390 g/mol. The summed E-state index contributed by atoms with van der Waals surface area (Å²) in [5, 5.41) is 13.6. The lowest BCUT2D eigenvalue weighted by Gasteiger charge is -2.09. The first-order chi connectivity index (χ1) is 13.0. The van der Waals surface area contributed by atoms with Crippen molar-refractivity contribution in [2.45, 2.75) is 12.7 Å². The highest BCUT2D eigenvalue weighted by Gasteiger charge is 2.15. The van der Waals surface area contributed by atoms with Gasteiger partial charge in [-0.25, -0.2) is 0 Å². The highest BCUT2D eigenvalue weighted by atomic mass is 32.2. The molecular formula is C19H22N2O5S. The predicted octanol–water partition coefficient (Wildman–Crippen LogP) is 3.34. The van der Waals surface area contributed by atoms with Crippen molar-refractivity contribution in [3.05, 3.63) is 63.7 Å². The van der Waals surface area contributed by atoms with Gasteiger partial charge >= 0.3 is 5.69 Å². The first kappa shape index (κ1) is 20.6. The first-order valence-corrected chi connectivity index (χ1v) is 9.51. The van der Waals surface area contributed by atoms with Gasteiger partial charge in [-0.2, -0.15) is 11.8 Å². The summed E-state index contributed by atoms with van der Waals surface area (Å²) in [6.45, 7) is 2.47. The van der Waals surface area contributed by atoms with E-state index in [1.54, 1.807) is 11.8 Å². The van der Waals surface area contributed by atoms with E-state index in [0.29, 0.717) is 12.3 Å². The van der Waals surface area contributed by atoms with E-state index in [9.17, 15) is 14.9 Å². The lowest BCUT2D eigenvalue weighted by atomic mass is 10.1. The molecule has 2 rings (SSSR count). The van der Waals surface area contributed by atoms with Gasteiger partial charge in [-0.15, -0.1) is 0 Å². The molecule has 144 valence electrons. The minimum atomic E-state index is -0.538. The Morgan fingerprint density at radius 3 is 2.74 bits per heavy atom. The quantitative estimate of drug-likeness (QED) is 0.380. The number of aryl methyl sites for hydroxylation is 1. The number of nitro benzene ring substituents is 1. The van der Waals surface area contributed by atoms with Gasteiger partial charge in [0.1, 0.15) is 5.75 Å². The topological polar surface area (TPSA) is 90.7 Å². The molecule has 0 aliphatic carbocycles. The van der Waals surface area contributed by atoms with Crippen LogP contribution in [-0.4, -0.2) is 36.8 Å². The van der Waals surface area contributed by atoms with Crippen LogP contribution in [0.2, 0.25) is 0 Å². The van der Waals surface area contributed by atoms with E-state index in [0.717, 1.165) is 11.5 Å². The number of ether oxygens (including phenoxy) is 2. The second kappa shape index (κ2) is 10.4. The SMILES string of the molecule is COc1cc(OCC(=O)NCCSCc2ccccc2C)ccc1[N+](=O)[O-]. The molecule has 2 aromatic carbocycles. The summed E-state index contributed by atoms with van der Waals surface area (Å²) >= 11 is 1.75. The Kier molecular flexibility index (Phi) is 7.94. The molecule has 0 aromatic heterocycles. The third kappa shape index (κ3) is 6.49. The summed E-state index contributed by atoms with van der Waals surface area (Å²) in [4.78, 5) is 22.2. The molecule has 0 atom stereocenters. The molecule has 0 aliphatic heterocycles. The molecule has 8 heteroatoms. The number of nitro groups is 1. The Balaban J connectivity index is 1.69. The number of carbonyl (C=O) groups excluding carboxylic acids is 1. The fourth-order valence-corrected chi connectivity index (χ4v) is 3.25. The van der Waals surface area contributed by atoms with Crippen LogP contribution < -0.4 is 14.8 Å². The van der Waals surface area contributed by atoms with Gasteiger partial charge in [-0.05, 0) is 24.1 Å². The van der Waals surface area contributed by atoms with E-state index in [-0.39, 0.29) is 24.0 Å². The molecule has 2 aromatic rings. The van der Waals surface area contributed by atoms with Crippen molar-refractivity contribution in [1.82, 2.24) is 5.32 Å². The number of hydrogen-bond acceptors (Lipinski definition) is 6. The number of amides is 1. The van der Waals surface area contributed by atoms with Crippen molar-refractivity contribution in [3.8, 4) is 11.5 Å². The van der Waals surface area contributed by atoms with Gasteiger partial charge in [0.25, 0.3) is 5.91 Å². The summed E-state index contributed by atoms with van der Waals surface area (Å²) in [6, 6.07) is 12.3. The first-order valence-electron chi connectivity index (χ1n) is 8.35. The minimum Gasteiger partial charge on any atom is -0.490 e. The Hall–Kier alpha value is -2.74. The maximum Gasteiger partial charge on any atom is 0.311 e. The van der Waals surface area contributed by atoms with Gasteiger partial charge in [-0.1, -0.05) is 24.3 Å². The monoisotopic (exact) mass is 390 g/mol. The number of hydrogen-bond donors (Lipinski definition) is 1. The van der Waals surface area contributed by atoms with Crippen LogP contribution in [0.4, 0.5) is 5.69 Å². The Morgan fingerprint density at radius 2 is 2.04 bits per heavy atom. The van der Waals surface area contributed by atoms with Crippen LogP contribution in [0.3, 0.4) is 0 Å². The van der Waals surface area contributed by atoms with Crippen LogP contribution >= 0.6 is 11.8 Å². The zero-order valence-corrected chi connectivity index (χ0v) is 16.1. The van der Waals surface area contributed by atoms with E-state index in [4.69, 9.17) is 9.47 Å². The molecule has 1 amide bonds. The molecule has 0 saturated heterocycles. The standard InChI is InChI=1S/C19H22N2O5S/c1-14-5-3-4-6-15(14)13-27-10-9-20-19(22)12-26-16-7-8-17(21(23)24)18(11-16)25-2/h3-8,11H,9-10,12-13H2,1-2H3,(H,20,22). The Bertz CT molecular complexity index is 797. The third-order valence-electron chi connectivity index (χ3n) is 3.81. The van der Waals surface area contributed by atoms with Crippen molar-refractivity contribution >= 4 is 23.4 Å². The van der Waals surface area contributed by atoms with Crippen molar-refractivity contribution in [2.75, 3.05) is 26.0 Å². The molecule has 0 saturated carbocycles. The van der Waals surface area contributed by atoms with E-state index in [2.05, 4.69) is 24.4 Å². The Morgan fingerprint density at radius 1 is 1.26 bits per heavy atom. The van der Waals surface area contributed by atoms with Gasteiger partial charge in [0.15, 0.2) is 6.61 Å². The van der Waals surface area contributed by atoms with Crippen molar-refractivity contribution in [3.63, 3.8) is 0 Å². The zero-order valence-electron chi connectivity index (χ0n) is 15.3. The van der Waals surface area contributed by atoms with Gasteiger partial charge in [-0.3, -0.25) is 14.9 Å². The van der Waals surface area contributed by atoms with E-state index in [1.165, 1.54) is 36.4 Å². The smallest absolute Gasteiger partial charge is 0.311 e. The summed E-state index contributed by atoms with van der Waals surface area (Å²) in [7, 11) is 1.34. The van der Waals surface area contributed by atoms with Crippen LogP contribution in [-0.2, 0) is 10.5 Å². The Labute approximate surface area is 162 Å². The normalized spacial score (nSPS) is 10.3. The second-order valence-corrected chi connectivity index (χ2v) is 6.81. The van der Waals surface area contributed by atoms with Crippen molar-refractivity contribution in [1.29, 1.82) is 0 Å². The molecule has 0 aliphatic rings. The van der Waals surface area contributed by atoms with Crippen LogP contribution in [0.5, 0.6) is 11.5 Å². The number of carbonyl (C=O) groups is 1. The van der Waals surface area contributed by atoms with Crippen molar-refractivity contribution < 1.29 is 19.2 Å².